The van der Waals surface area contributed by atoms with Gasteiger partial charge in [0, 0.05) is 42.2 Å². The molecule has 174 valence electrons. The van der Waals surface area contributed by atoms with Gasteiger partial charge in [0.25, 0.3) is 0 Å². The summed E-state index contributed by atoms with van der Waals surface area (Å²) in [4.78, 5) is 7.29. The van der Waals surface area contributed by atoms with Gasteiger partial charge in [0.15, 0.2) is 0 Å². The first-order valence-electron chi connectivity index (χ1n) is 11.8. The highest BCUT2D eigenvalue weighted by Gasteiger charge is 2.17. The maximum absolute atomic E-state index is 5.85. The number of rotatable bonds is 7. The lowest BCUT2D eigenvalue weighted by molar-refractivity contribution is 0.717. The molecule has 7 heteroatoms. The molecule has 4 nitrogen and oxygen atoms in total. The number of pyridine rings is 1. The zero-order valence-electron chi connectivity index (χ0n) is 19.3. The second-order valence-electron chi connectivity index (χ2n) is 8.71. The van der Waals surface area contributed by atoms with Gasteiger partial charge in [-0.25, -0.2) is 0 Å². The van der Waals surface area contributed by atoms with Gasteiger partial charge in [0.1, 0.15) is 11.0 Å². The van der Waals surface area contributed by atoms with Crippen molar-refractivity contribution in [2.75, 3.05) is 5.73 Å². The molecule has 0 aliphatic heterocycles. The van der Waals surface area contributed by atoms with Crippen LogP contribution in [-0.4, -0.2) is 13.7 Å². The predicted molar refractivity (Wildman–Crippen MR) is 152 cm³/mol. The third-order valence-electron chi connectivity index (χ3n) is 6.25. The van der Waals surface area contributed by atoms with Crippen LogP contribution in [0, 0.1) is 0 Å². The highest BCUT2D eigenvalue weighted by atomic mass is 32.1. The smallest absolute Gasteiger partial charge is 0.131 e. The normalized spacial score (nSPS) is 11.6. The van der Waals surface area contributed by atoms with Crippen LogP contribution in [0.25, 0.3) is 52.6 Å². The van der Waals surface area contributed by atoms with Crippen LogP contribution in [0.5, 0.6) is 0 Å². The van der Waals surface area contributed by atoms with Crippen LogP contribution in [-0.2, 0) is 6.42 Å². The Balaban J connectivity index is 1.32. The molecule has 0 saturated heterocycles. The van der Waals surface area contributed by atoms with Gasteiger partial charge in [-0.15, -0.1) is 22.7 Å². The molecule has 0 amide bonds. The molecule has 0 saturated carbocycles. The van der Waals surface area contributed by atoms with Gasteiger partial charge in [0.2, 0.25) is 0 Å². The number of benzene rings is 2. The average molecular weight is 513 g/mol. The van der Waals surface area contributed by atoms with Gasteiger partial charge in [-0.1, -0.05) is 56.2 Å². The number of fused-ring (bicyclic) bond motifs is 2. The van der Waals surface area contributed by atoms with Crippen molar-refractivity contribution in [2.24, 2.45) is 0 Å². The van der Waals surface area contributed by atoms with Crippen LogP contribution in [0.4, 0.5) is 5.69 Å². The largest absolute Gasteiger partial charge is 0.399 e. The second-order valence-corrected chi connectivity index (χ2v) is 11.4. The molecule has 4 aromatic heterocycles. The van der Waals surface area contributed by atoms with E-state index in [2.05, 4.69) is 64.2 Å². The Labute approximate surface area is 216 Å². The first-order valence-corrected chi connectivity index (χ1v) is 14.2. The number of nitrogen functional groups attached to an aromatic ring is 1. The molecule has 0 bridgehead atoms. The van der Waals surface area contributed by atoms with Crippen molar-refractivity contribution in [3.8, 4) is 32.1 Å². The van der Waals surface area contributed by atoms with Gasteiger partial charge in [-0.3, -0.25) is 4.98 Å². The quantitative estimate of drug-likeness (QED) is 0.172. The molecule has 0 unspecified atom stereocenters. The number of thiophene rings is 2. The van der Waals surface area contributed by atoms with E-state index in [4.69, 9.17) is 10.7 Å². The number of aromatic nitrogens is 3. The Hall–Kier alpha value is -3.13. The van der Waals surface area contributed by atoms with Gasteiger partial charge in [0.05, 0.1) is 17.4 Å². The van der Waals surface area contributed by atoms with Crippen molar-refractivity contribution >= 4 is 60.5 Å². The molecule has 0 aliphatic carbocycles. The van der Waals surface area contributed by atoms with Gasteiger partial charge >= 0.3 is 0 Å². The van der Waals surface area contributed by atoms with Crippen LogP contribution in [0.1, 0.15) is 31.7 Å². The van der Waals surface area contributed by atoms with E-state index in [1.807, 2.05) is 18.3 Å². The summed E-state index contributed by atoms with van der Waals surface area (Å²) >= 11 is 4.84. The van der Waals surface area contributed by atoms with Crippen molar-refractivity contribution in [2.45, 2.75) is 32.6 Å². The van der Waals surface area contributed by atoms with E-state index in [9.17, 15) is 0 Å². The average Bonchev–Trinajstić information content (AvgIpc) is 3.60. The summed E-state index contributed by atoms with van der Waals surface area (Å²) in [6.45, 7) is 2.24. The standard InChI is InChI=1S/C28H24N4S3/c1-2-3-4-5-17-6-8-19(9-7-17)26-28-27(31-35-32-28)21(16-30-26)23-15-25-24(34-23)14-22(33-25)18-10-12-20(29)13-11-18/h6-16H,2-5,29H2,1H3. The highest BCUT2D eigenvalue weighted by molar-refractivity contribution is 7.31. The van der Waals surface area contributed by atoms with Crippen LogP contribution in [0.2, 0.25) is 0 Å². The van der Waals surface area contributed by atoms with Crippen LogP contribution in [0.15, 0.2) is 66.9 Å². The van der Waals surface area contributed by atoms with Gasteiger partial charge < -0.3 is 5.73 Å². The molecule has 0 radical (unpaired) electrons. The van der Waals surface area contributed by atoms with E-state index in [-0.39, 0.29) is 0 Å². The number of hydrogen-bond acceptors (Lipinski definition) is 7. The Kier molecular flexibility index (Phi) is 6.06. The fraction of sp³-hybridized carbons (Fsp3) is 0.179. The first-order chi connectivity index (χ1) is 17.2. The summed E-state index contributed by atoms with van der Waals surface area (Å²) < 4.78 is 11.8. The Morgan fingerprint density at radius 3 is 2.23 bits per heavy atom. The van der Waals surface area contributed by atoms with E-state index in [1.54, 1.807) is 22.7 Å². The Morgan fingerprint density at radius 2 is 1.46 bits per heavy atom. The zero-order chi connectivity index (χ0) is 23.8. The monoisotopic (exact) mass is 512 g/mol. The molecule has 2 aromatic carbocycles. The predicted octanol–water partition coefficient (Wildman–Crippen LogP) is 8.68. The third-order valence-corrected chi connectivity index (χ3v) is 9.16. The summed E-state index contributed by atoms with van der Waals surface area (Å²) in [5, 5.41) is 0. The topological polar surface area (TPSA) is 64.7 Å². The lowest BCUT2D eigenvalue weighted by Crippen LogP contribution is -1.90. The number of nitrogens with two attached hydrogens (primary N) is 1. The highest BCUT2D eigenvalue weighted by Crippen LogP contribution is 2.43. The van der Waals surface area contributed by atoms with Crippen molar-refractivity contribution in [3.63, 3.8) is 0 Å². The summed E-state index contributed by atoms with van der Waals surface area (Å²) in [5.41, 5.74) is 14.1. The van der Waals surface area contributed by atoms with Crippen LogP contribution < -0.4 is 5.73 Å². The minimum atomic E-state index is 0.786. The minimum absolute atomic E-state index is 0.786. The van der Waals surface area contributed by atoms with E-state index < -0.39 is 0 Å². The lowest BCUT2D eigenvalue weighted by atomic mass is 10.0. The van der Waals surface area contributed by atoms with E-state index in [0.29, 0.717) is 0 Å². The number of hydrogen-bond donors (Lipinski definition) is 1. The van der Waals surface area contributed by atoms with Crippen molar-refractivity contribution < 1.29 is 0 Å². The summed E-state index contributed by atoms with van der Waals surface area (Å²) in [5.74, 6) is 0. The molecular formula is C28H24N4S3. The lowest BCUT2D eigenvalue weighted by Gasteiger charge is -2.06. The van der Waals surface area contributed by atoms with Gasteiger partial charge in [-0.05, 0) is 48.2 Å². The Morgan fingerprint density at radius 1 is 0.771 bits per heavy atom. The first kappa shape index (κ1) is 22.3. The molecule has 6 aromatic rings. The third kappa shape index (κ3) is 4.35. The van der Waals surface area contributed by atoms with Crippen molar-refractivity contribution in [1.29, 1.82) is 0 Å². The van der Waals surface area contributed by atoms with Gasteiger partial charge in [-0.2, -0.15) is 8.75 Å². The maximum Gasteiger partial charge on any atom is 0.131 e. The zero-order valence-corrected chi connectivity index (χ0v) is 21.8. The van der Waals surface area contributed by atoms with Crippen LogP contribution in [0.3, 0.4) is 0 Å². The SMILES string of the molecule is CCCCCc1ccc(-c2ncc(-c3cc4sc(-c5ccc(N)cc5)cc4s3)c3nsnc23)cc1. The number of nitrogens with zero attached hydrogens (tertiary/aromatic N) is 3. The van der Waals surface area contributed by atoms with E-state index >= 15 is 0 Å². The molecule has 6 rings (SSSR count). The molecule has 2 N–H and O–H groups in total. The molecule has 0 aliphatic rings. The number of unbranched alkanes of at least 4 members (excludes halogenated alkanes) is 2. The second kappa shape index (κ2) is 9.49. The number of aryl methyl sites for hydroxylation is 1. The summed E-state index contributed by atoms with van der Waals surface area (Å²) in [6.07, 6.45) is 6.85. The molecule has 35 heavy (non-hydrogen) atoms. The molecule has 0 spiro atoms. The molecule has 0 atom stereocenters. The van der Waals surface area contributed by atoms with Crippen molar-refractivity contribution in [3.05, 3.63) is 72.4 Å². The van der Waals surface area contributed by atoms with E-state index in [0.717, 1.165) is 40.0 Å². The minimum Gasteiger partial charge on any atom is -0.399 e. The Bertz CT molecular complexity index is 1580. The maximum atomic E-state index is 5.85. The molecule has 0 fully saturated rings. The summed E-state index contributed by atoms with van der Waals surface area (Å²) in [7, 11) is 0. The fourth-order valence-electron chi connectivity index (χ4n) is 4.33. The number of anilines is 1. The fourth-order valence-corrected chi connectivity index (χ4v) is 7.30. The van der Waals surface area contributed by atoms with E-state index in [1.165, 1.54) is 61.3 Å². The molecule has 4 heterocycles. The summed E-state index contributed by atoms with van der Waals surface area (Å²) in [6, 6.07) is 21.4. The molecular weight excluding hydrogens is 489 g/mol. The van der Waals surface area contributed by atoms with Crippen LogP contribution >= 0.6 is 34.4 Å². The van der Waals surface area contributed by atoms with Crippen molar-refractivity contribution in [1.82, 2.24) is 13.7 Å².